The maximum atomic E-state index is 11.1. The Morgan fingerprint density at radius 3 is 2.11 bits per heavy atom. The van der Waals surface area contributed by atoms with E-state index in [4.69, 9.17) is 5.11 Å². The Labute approximate surface area is 113 Å². The smallest absolute Gasteiger partial charge is 0.335 e. The lowest BCUT2D eigenvalue weighted by molar-refractivity contribution is 0.0696. The van der Waals surface area contributed by atoms with E-state index < -0.39 is 5.97 Å². The summed E-state index contributed by atoms with van der Waals surface area (Å²) in [6.45, 7) is 6.13. The van der Waals surface area contributed by atoms with E-state index in [1.807, 2.05) is 31.2 Å². The molecule has 1 N–H and O–H groups in total. The number of rotatable bonds is 3. The number of hydrogen-bond acceptors (Lipinski definition) is 1. The van der Waals surface area contributed by atoms with E-state index in [0.717, 1.165) is 16.7 Å². The minimum absolute atomic E-state index is 0.366. The second-order valence-corrected chi connectivity index (χ2v) is 5.11. The predicted octanol–water partition coefficient (Wildman–Crippen LogP) is 4.48. The molecular formula is C17H18O2. The van der Waals surface area contributed by atoms with E-state index in [2.05, 4.69) is 26.0 Å². The third-order valence-corrected chi connectivity index (χ3v) is 3.38. The van der Waals surface area contributed by atoms with Crippen LogP contribution < -0.4 is 0 Å². The van der Waals surface area contributed by atoms with Gasteiger partial charge in [0.05, 0.1) is 5.56 Å². The fraction of sp³-hybridized carbons (Fsp3) is 0.235. The van der Waals surface area contributed by atoms with Crippen LogP contribution in [-0.4, -0.2) is 11.1 Å². The Morgan fingerprint density at radius 1 is 1.00 bits per heavy atom. The van der Waals surface area contributed by atoms with Crippen molar-refractivity contribution in [1.82, 2.24) is 0 Å². The lowest BCUT2D eigenvalue weighted by Gasteiger charge is -2.09. The Hall–Kier alpha value is -2.09. The van der Waals surface area contributed by atoms with Crippen molar-refractivity contribution in [2.45, 2.75) is 26.7 Å². The summed E-state index contributed by atoms with van der Waals surface area (Å²) in [5.74, 6) is -0.375. The number of hydrogen-bond donors (Lipinski definition) is 1. The van der Waals surface area contributed by atoms with Crippen molar-refractivity contribution in [2.75, 3.05) is 0 Å². The molecule has 2 heteroatoms. The normalized spacial score (nSPS) is 10.7. The van der Waals surface area contributed by atoms with Crippen LogP contribution in [0.4, 0.5) is 0 Å². The van der Waals surface area contributed by atoms with E-state index in [1.54, 1.807) is 6.07 Å². The molecule has 2 aromatic carbocycles. The predicted molar refractivity (Wildman–Crippen MR) is 77.7 cm³/mol. The average molecular weight is 254 g/mol. The summed E-state index contributed by atoms with van der Waals surface area (Å²) in [5, 5.41) is 9.15. The van der Waals surface area contributed by atoms with Crippen LogP contribution in [0.25, 0.3) is 11.1 Å². The largest absolute Gasteiger partial charge is 0.478 e. The topological polar surface area (TPSA) is 37.3 Å². The summed E-state index contributed by atoms with van der Waals surface area (Å²) in [4.78, 5) is 11.1. The Bertz CT molecular complexity index is 595. The fourth-order valence-corrected chi connectivity index (χ4v) is 2.09. The highest BCUT2D eigenvalue weighted by Gasteiger charge is 2.09. The molecule has 2 rings (SSSR count). The number of carboxylic acids is 1. The molecule has 0 amide bonds. The van der Waals surface area contributed by atoms with Crippen LogP contribution in [0.3, 0.4) is 0 Å². The van der Waals surface area contributed by atoms with Crippen LogP contribution in [0, 0.1) is 6.92 Å². The average Bonchev–Trinajstić information content (AvgIpc) is 2.39. The van der Waals surface area contributed by atoms with Crippen molar-refractivity contribution in [3.05, 3.63) is 59.2 Å². The fourth-order valence-electron chi connectivity index (χ4n) is 2.09. The van der Waals surface area contributed by atoms with Gasteiger partial charge in [-0.05, 0) is 41.2 Å². The molecule has 0 unspecified atom stereocenters. The highest BCUT2D eigenvalue weighted by molar-refractivity contribution is 5.91. The number of carboxylic acid groups (broad SMARTS) is 1. The summed E-state index contributed by atoms with van der Waals surface area (Å²) < 4.78 is 0. The molecular weight excluding hydrogens is 236 g/mol. The van der Waals surface area contributed by atoms with Crippen molar-refractivity contribution >= 4 is 5.97 Å². The van der Waals surface area contributed by atoms with Gasteiger partial charge in [0, 0.05) is 0 Å². The number of benzene rings is 2. The van der Waals surface area contributed by atoms with Gasteiger partial charge in [-0.15, -0.1) is 0 Å². The first-order valence-electron chi connectivity index (χ1n) is 6.43. The summed E-state index contributed by atoms with van der Waals surface area (Å²) >= 11 is 0. The molecule has 0 aromatic heterocycles. The van der Waals surface area contributed by atoms with Crippen molar-refractivity contribution < 1.29 is 9.90 Å². The highest BCUT2D eigenvalue weighted by Crippen LogP contribution is 2.24. The van der Waals surface area contributed by atoms with Crippen LogP contribution in [-0.2, 0) is 0 Å². The molecule has 2 aromatic rings. The van der Waals surface area contributed by atoms with Gasteiger partial charge in [-0.1, -0.05) is 50.2 Å². The zero-order chi connectivity index (χ0) is 14.0. The quantitative estimate of drug-likeness (QED) is 0.876. The molecule has 0 aliphatic heterocycles. The Morgan fingerprint density at radius 2 is 1.58 bits per heavy atom. The maximum Gasteiger partial charge on any atom is 0.335 e. The van der Waals surface area contributed by atoms with Crippen LogP contribution in [0.15, 0.2) is 42.5 Å². The minimum Gasteiger partial charge on any atom is -0.478 e. The number of carbonyl (C=O) groups is 1. The Kier molecular flexibility index (Phi) is 3.70. The molecule has 98 valence electrons. The highest BCUT2D eigenvalue weighted by atomic mass is 16.4. The molecule has 0 spiro atoms. The summed E-state index contributed by atoms with van der Waals surface area (Å²) in [6, 6.07) is 13.8. The van der Waals surface area contributed by atoms with Gasteiger partial charge in [0.15, 0.2) is 0 Å². The standard InChI is InChI=1S/C17H18O2/c1-11(2)13-6-8-14(9-7-13)15-5-4-12(3)16(10-15)17(18)19/h4-11H,1-3H3,(H,18,19). The maximum absolute atomic E-state index is 11.1. The second-order valence-electron chi connectivity index (χ2n) is 5.11. The van der Waals surface area contributed by atoms with Gasteiger partial charge in [0.25, 0.3) is 0 Å². The summed E-state index contributed by atoms with van der Waals surface area (Å²) in [5.41, 5.74) is 4.43. The van der Waals surface area contributed by atoms with Crippen molar-refractivity contribution in [2.24, 2.45) is 0 Å². The zero-order valence-electron chi connectivity index (χ0n) is 11.5. The lowest BCUT2D eigenvalue weighted by Crippen LogP contribution is -1.99. The van der Waals surface area contributed by atoms with Crippen molar-refractivity contribution in [1.29, 1.82) is 0 Å². The van der Waals surface area contributed by atoms with Crippen LogP contribution in [0.1, 0.15) is 41.3 Å². The van der Waals surface area contributed by atoms with Gasteiger partial charge in [-0.3, -0.25) is 0 Å². The van der Waals surface area contributed by atoms with Crippen LogP contribution in [0.2, 0.25) is 0 Å². The summed E-state index contributed by atoms with van der Waals surface area (Å²) in [7, 11) is 0. The monoisotopic (exact) mass is 254 g/mol. The molecule has 0 heterocycles. The van der Waals surface area contributed by atoms with E-state index >= 15 is 0 Å². The van der Waals surface area contributed by atoms with Crippen LogP contribution >= 0.6 is 0 Å². The molecule has 0 aliphatic rings. The Balaban J connectivity index is 2.41. The first-order valence-corrected chi connectivity index (χ1v) is 6.43. The number of aryl methyl sites for hydroxylation is 1. The summed E-state index contributed by atoms with van der Waals surface area (Å²) in [6.07, 6.45) is 0. The van der Waals surface area contributed by atoms with Gasteiger partial charge in [-0.2, -0.15) is 0 Å². The van der Waals surface area contributed by atoms with Gasteiger partial charge in [0.2, 0.25) is 0 Å². The third kappa shape index (κ3) is 2.84. The zero-order valence-corrected chi connectivity index (χ0v) is 11.5. The van der Waals surface area contributed by atoms with Crippen LogP contribution in [0.5, 0.6) is 0 Å². The molecule has 19 heavy (non-hydrogen) atoms. The molecule has 0 aliphatic carbocycles. The third-order valence-electron chi connectivity index (χ3n) is 3.38. The number of aromatic carboxylic acids is 1. The molecule has 0 saturated heterocycles. The second kappa shape index (κ2) is 5.27. The van der Waals surface area contributed by atoms with E-state index in [0.29, 0.717) is 11.5 Å². The molecule has 0 atom stereocenters. The SMILES string of the molecule is Cc1ccc(-c2ccc(C(C)C)cc2)cc1C(=O)O. The van der Waals surface area contributed by atoms with Gasteiger partial charge < -0.3 is 5.11 Å². The van der Waals surface area contributed by atoms with Gasteiger partial charge in [-0.25, -0.2) is 4.79 Å². The molecule has 0 bridgehead atoms. The van der Waals surface area contributed by atoms with E-state index in [-0.39, 0.29) is 0 Å². The van der Waals surface area contributed by atoms with Crippen molar-refractivity contribution in [3.63, 3.8) is 0 Å². The van der Waals surface area contributed by atoms with Crippen molar-refractivity contribution in [3.8, 4) is 11.1 Å². The van der Waals surface area contributed by atoms with E-state index in [1.165, 1.54) is 5.56 Å². The first-order chi connectivity index (χ1) is 8.99. The van der Waals surface area contributed by atoms with E-state index in [9.17, 15) is 4.79 Å². The van der Waals surface area contributed by atoms with Gasteiger partial charge in [0.1, 0.15) is 0 Å². The lowest BCUT2D eigenvalue weighted by atomic mass is 9.96. The molecule has 2 nitrogen and oxygen atoms in total. The van der Waals surface area contributed by atoms with Gasteiger partial charge >= 0.3 is 5.97 Å². The first kappa shape index (κ1) is 13.3. The molecule has 0 fully saturated rings. The molecule has 0 saturated carbocycles. The molecule has 0 radical (unpaired) electrons. The minimum atomic E-state index is -0.877.